The molecule has 0 aromatic carbocycles. The summed E-state index contributed by atoms with van der Waals surface area (Å²) in [6.45, 7) is 14.2. The first kappa shape index (κ1) is 17.1. The van der Waals surface area contributed by atoms with Crippen molar-refractivity contribution in [2.45, 2.75) is 66.5 Å². The van der Waals surface area contributed by atoms with Gasteiger partial charge >= 0.3 is 0 Å². The number of nitrogens with one attached hydrogen (secondary N) is 1. The van der Waals surface area contributed by atoms with Gasteiger partial charge in [-0.05, 0) is 52.6 Å². The second-order valence-electron chi connectivity index (χ2n) is 5.54. The molecular formula is C16H29N3O. The molecule has 1 rings (SSSR count). The van der Waals surface area contributed by atoms with E-state index < -0.39 is 0 Å². The maximum atomic E-state index is 5.57. The van der Waals surface area contributed by atoms with E-state index in [4.69, 9.17) is 4.74 Å². The molecule has 0 radical (unpaired) electrons. The highest BCUT2D eigenvalue weighted by atomic mass is 16.5. The summed E-state index contributed by atoms with van der Waals surface area (Å²) in [7, 11) is 0. The van der Waals surface area contributed by atoms with Crippen LogP contribution in [0.5, 0.6) is 0 Å². The van der Waals surface area contributed by atoms with Crippen molar-refractivity contribution in [2.24, 2.45) is 0 Å². The van der Waals surface area contributed by atoms with E-state index >= 15 is 0 Å². The van der Waals surface area contributed by atoms with Crippen molar-refractivity contribution in [3.63, 3.8) is 0 Å². The summed E-state index contributed by atoms with van der Waals surface area (Å²) in [5, 5.41) is 3.44. The number of rotatable bonds is 8. The van der Waals surface area contributed by atoms with Crippen LogP contribution in [0.4, 0.5) is 0 Å². The summed E-state index contributed by atoms with van der Waals surface area (Å²) < 4.78 is 5.57. The van der Waals surface area contributed by atoms with Crippen molar-refractivity contribution in [3.05, 3.63) is 22.8 Å². The molecule has 20 heavy (non-hydrogen) atoms. The summed E-state index contributed by atoms with van der Waals surface area (Å²) in [4.78, 5) is 9.22. The Morgan fingerprint density at radius 1 is 1.10 bits per heavy atom. The van der Waals surface area contributed by atoms with E-state index in [1.807, 2.05) is 13.8 Å². The lowest BCUT2D eigenvalue weighted by atomic mass is 10.1. The van der Waals surface area contributed by atoms with E-state index in [9.17, 15) is 0 Å². The van der Waals surface area contributed by atoms with Crippen molar-refractivity contribution < 1.29 is 4.74 Å². The molecule has 1 atom stereocenters. The van der Waals surface area contributed by atoms with Crippen LogP contribution in [-0.2, 0) is 11.2 Å². The van der Waals surface area contributed by atoms with Gasteiger partial charge < -0.3 is 10.1 Å². The van der Waals surface area contributed by atoms with Crippen LogP contribution >= 0.6 is 0 Å². The minimum atomic E-state index is -0.0333. The van der Waals surface area contributed by atoms with Gasteiger partial charge in [0.2, 0.25) is 0 Å². The number of nitrogens with zero attached hydrogens (tertiary/aromatic N) is 2. The van der Waals surface area contributed by atoms with Crippen LogP contribution < -0.4 is 5.32 Å². The molecule has 1 unspecified atom stereocenters. The number of hydrogen-bond acceptors (Lipinski definition) is 4. The second-order valence-corrected chi connectivity index (χ2v) is 5.54. The molecule has 1 N–H and O–H groups in total. The third kappa shape index (κ3) is 5.17. The molecular weight excluding hydrogens is 250 g/mol. The summed E-state index contributed by atoms with van der Waals surface area (Å²) in [5.41, 5.74) is 3.45. The maximum absolute atomic E-state index is 5.57. The largest absolute Gasteiger partial charge is 0.371 e. The Balaban J connectivity index is 2.69. The highest BCUT2D eigenvalue weighted by molar-refractivity contribution is 5.25. The fraction of sp³-hybridized carbons (Fsp3) is 0.750. The maximum Gasteiger partial charge on any atom is 0.157 e. The molecule has 0 spiro atoms. The molecule has 0 aliphatic heterocycles. The zero-order chi connectivity index (χ0) is 15.1. The smallest absolute Gasteiger partial charge is 0.157 e. The standard InChI is InChI=1S/C16H29N3O/c1-7-20-14(6)16-18-12(4)15(13(5)19-16)9-8-10-17-11(2)3/h11,14,17H,7-10H2,1-6H3. The van der Waals surface area contributed by atoms with E-state index in [0.29, 0.717) is 12.6 Å². The molecule has 4 nitrogen and oxygen atoms in total. The summed E-state index contributed by atoms with van der Waals surface area (Å²) in [6, 6.07) is 0.544. The molecule has 1 aromatic heterocycles. The Bertz CT molecular complexity index is 395. The van der Waals surface area contributed by atoms with Crippen molar-refractivity contribution >= 4 is 0 Å². The first-order valence-corrected chi connectivity index (χ1v) is 7.64. The van der Waals surface area contributed by atoms with Crippen molar-refractivity contribution in [2.75, 3.05) is 13.2 Å². The Morgan fingerprint density at radius 3 is 2.20 bits per heavy atom. The van der Waals surface area contributed by atoms with Gasteiger partial charge in [-0.1, -0.05) is 13.8 Å². The van der Waals surface area contributed by atoms with Crippen LogP contribution in [-0.4, -0.2) is 29.2 Å². The lowest BCUT2D eigenvalue weighted by molar-refractivity contribution is 0.0697. The van der Waals surface area contributed by atoms with Crippen molar-refractivity contribution in [1.82, 2.24) is 15.3 Å². The molecule has 0 aliphatic carbocycles. The normalized spacial score (nSPS) is 12.9. The zero-order valence-electron chi connectivity index (χ0n) is 13.8. The van der Waals surface area contributed by atoms with Crippen molar-refractivity contribution in [1.29, 1.82) is 0 Å². The average molecular weight is 279 g/mol. The number of aryl methyl sites for hydroxylation is 2. The number of aromatic nitrogens is 2. The second kappa shape index (κ2) is 8.32. The summed E-state index contributed by atoms with van der Waals surface area (Å²) in [5.74, 6) is 0.797. The topological polar surface area (TPSA) is 47.0 Å². The Hall–Kier alpha value is -1.00. The molecule has 114 valence electrons. The molecule has 0 aliphatic rings. The van der Waals surface area contributed by atoms with Crippen LogP contribution in [0.25, 0.3) is 0 Å². The van der Waals surface area contributed by atoms with Gasteiger partial charge in [0.1, 0.15) is 6.10 Å². The fourth-order valence-corrected chi connectivity index (χ4v) is 2.29. The van der Waals surface area contributed by atoms with Crippen molar-refractivity contribution in [3.8, 4) is 0 Å². The zero-order valence-corrected chi connectivity index (χ0v) is 13.8. The van der Waals surface area contributed by atoms with Crippen LogP contribution in [0.2, 0.25) is 0 Å². The van der Waals surface area contributed by atoms with Gasteiger partial charge in [-0.2, -0.15) is 0 Å². The van der Waals surface area contributed by atoms with Gasteiger partial charge in [0, 0.05) is 24.0 Å². The molecule has 4 heteroatoms. The van der Waals surface area contributed by atoms with Crippen LogP contribution in [0.1, 0.15) is 63.0 Å². The van der Waals surface area contributed by atoms with E-state index in [1.54, 1.807) is 0 Å². The monoisotopic (exact) mass is 279 g/mol. The minimum Gasteiger partial charge on any atom is -0.371 e. The lowest BCUT2D eigenvalue weighted by Crippen LogP contribution is -2.24. The lowest BCUT2D eigenvalue weighted by Gasteiger charge is -2.15. The Morgan fingerprint density at radius 2 is 1.70 bits per heavy atom. The third-order valence-corrected chi connectivity index (χ3v) is 3.37. The van der Waals surface area contributed by atoms with E-state index in [-0.39, 0.29) is 6.10 Å². The quantitative estimate of drug-likeness (QED) is 0.743. The summed E-state index contributed by atoms with van der Waals surface area (Å²) in [6.07, 6.45) is 2.11. The minimum absolute atomic E-state index is 0.0333. The van der Waals surface area contributed by atoms with Gasteiger partial charge in [0.05, 0.1) is 0 Å². The van der Waals surface area contributed by atoms with Gasteiger partial charge in [-0.15, -0.1) is 0 Å². The molecule has 0 saturated carbocycles. The number of ether oxygens (including phenoxy) is 1. The van der Waals surface area contributed by atoms with E-state index in [1.165, 1.54) is 5.56 Å². The molecule has 0 saturated heterocycles. The molecule has 0 bridgehead atoms. The molecule has 1 aromatic rings. The van der Waals surface area contributed by atoms with Gasteiger partial charge in [-0.25, -0.2) is 9.97 Å². The van der Waals surface area contributed by atoms with Gasteiger partial charge in [0.15, 0.2) is 5.82 Å². The highest BCUT2D eigenvalue weighted by Crippen LogP contribution is 2.18. The first-order chi connectivity index (χ1) is 9.45. The first-order valence-electron chi connectivity index (χ1n) is 7.64. The predicted molar refractivity (Wildman–Crippen MR) is 83.0 cm³/mol. The molecule has 1 heterocycles. The van der Waals surface area contributed by atoms with Crippen LogP contribution in [0.15, 0.2) is 0 Å². The average Bonchev–Trinajstić information content (AvgIpc) is 2.36. The van der Waals surface area contributed by atoms with E-state index in [2.05, 4.69) is 43.0 Å². The number of hydrogen-bond donors (Lipinski definition) is 1. The molecule has 0 amide bonds. The molecule has 0 fully saturated rings. The SMILES string of the molecule is CCOC(C)c1nc(C)c(CCCNC(C)C)c(C)n1. The highest BCUT2D eigenvalue weighted by Gasteiger charge is 2.13. The fourth-order valence-electron chi connectivity index (χ4n) is 2.29. The Labute approximate surface area is 123 Å². The third-order valence-electron chi connectivity index (χ3n) is 3.37. The predicted octanol–water partition coefficient (Wildman–Crippen LogP) is 3.12. The summed E-state index contributed by atoms with van der Waals surface area (Å²) >= 11 is 0. The van der Waals surface area contributed by atoms with Gasteiger partial charge in [-0.3, -0.25) is 0 Å². The van der Waals surface area contributed by atoms with Crippen LogP contribution in [0.3, 0.4) is 0 Å². The Kier molecular flexibility index (Phi) is 7.10. The van der Waals surface area contributed by atoms with E-state index in [0.717, 1.165) is 36.6 Å². The van der Waals surface area contributed by atoms with Gasteiger partial charge in [0.25, 0.3) is 0 Å². The van der Waals surface area contributed by atoms with Crippen LogP contribution in [0, 0.1) is 13.8 Å².